The molecule has 0 aromatic carbocycles. The van der Waals surface area contributed by atoms with Crippen LogP contribution in [0.25, 0.3) is 10.6 Å². The number of hydrogen-bond donors (Lipinski definition) is 3. The van der Waals surface area contributed by atoms with Crippen molar-refractivity contribution in [3.8, 4) is 10.6 Å². The molecule has 3 aromatic rings. The lowest BCUT2D eigenvalue weighted by atomic mass is 9.95. The minimum absolute atomic E-state index is 0.00787. The number of nitrogen functional groups attached to an aromatic ring is 1. The number of anilines is 2. The van der Waals surface area contributed by atoms with Crippen LogP contribution >= 0.6 is 22.7 Å². The quantitative estimate of drug-likeness (QED) is 0.405. The Kier molecular flexibility index (Phi) is 7.28. The van der Waals surface area contributed by atoms with E-state index >= 15 is 0 Å². The highest BCUT2D eigenvalue weighted by atomic mass is 32.2. The Morgan fingerprint density at radius 1 is 1.23 bits per heavy atom. The number of aliphatic hydroxyl groups excluding tert-OH is 1. The van der Waals surface area contributed by atoms with Gasteiger partial charge in [-0.25, -0.2) is 28.4 Å². The number of halogens is 3. The van der Waals surface area contributed by atoms with E-state index < -0.39 is 21.8 Å². The van der Waals surface area contributed by atoms with Crippen LogP contribution in [0.2, 0.25) is 0 Å². The summed E-state index contributed by atoms with van der Waals surface area (Å²) in [6, 6.07) is -0.260. The third kappa shape index (κ3) is 5.55. The molecule has 0 bridgehead atoms. The van der Waals surface area contributed by atoms with Crippen molar-refractivity contribution < 1.29 is 26.7 Å². The first-order valence-electron chi connectivity index (χ1n) is 10.5. The fourth-order valence-corrected chi connectivity index (χ4v) is 7.24. The van der Waals surface area contributed by atoms with E-state index in [9.17, 15) is 21.6 Å². The molecule has 0 amide bonds. The van der Waals surface area contributed by atoms with Gasteiger partial charge in [-0.05, 0) is 12.3 Å². The number of piperidine rings is 1. The second-order valence-electron chi connectivity index (χ2n) is 7.94. The number of sulfonamides is 1. The summed E-state index contributed by atoms with van der Waals surface area (Å²) >= 11 is 1.92. The Balaban J connectivity index is 1.53. The molecule has 0 radical (unpaired) electrons. The van der Waals surface area contributed by atoms with Crippen molar-refractivity contribution in [1.82, 2.24) is 24.2 Å². The molecule has 1 saturated heterocycles. The first kappa shape index (κ1) is 25.7. The number of alkyl halides is 3. The van der Waals surface area contributed by atoms with Crippen LogP contribution in [0.3, 0.4) is 0 Å². The van der Waals surface area contributed by atoms with Gasteiger partial charge in [-0.15, -0.1) is 11.3 Å². The molecule has 3 aromatic heterocycles. The maximum absolute atomic E-state index is 13.6. The van der Waals surface area contributed by atoms with Crippen LogP contribution in [0, 0.1) is 5.92 Å². The minimum Gasteiger partial charge on any atom is -0.396 e. The molecule has 1 aliphatic rings. The van der Waals surface area contributed by atoms with Gasteiger partial charge in [0.25, 0.3) is 10.0 Å². The number of nitrogens with one attached hydrogen (secondary N) is 1. The molecule has 0 spiro atoms. The molecule has 0 unspecified atom stereocenters. The molecule has 4 heterocycles. The van der Waals surface area contributed by atoms with E-state index in [1.807, 2.05) is 6.92 Å². The Hall–Kier alpha value is -2.40. The van der Waals surface area contributed by atoms with Gasteiger partial charge in [0.2, 0.25) is 5.95 Å². The maximum atomic E-state index is 13.6. The summed E-state index contributed by atoms with van der Waals surface area (Å²) in [5.41, 5.74) is 4.28. The van der Waals surface area contributed by atoms with Crippen LogP contribution in [0.5, 0.6) is 0 Å². The van der Waals surface area contributed by atoms with Crippen LogP contribution in [0.15, 0.2) is 22.8 Å². The van der Waals surface area contributed by atoms with Crippen LogP contribution in [-0.4, -0.2) is 63.5 Å². The topological polar surface area (TPSA) is 147 Å². The summed E-state index contributed by atoms with van der Waals surface area (Å²) in [4.78, 5) is 16.1. The fraction of sp³-hybridized carbons (Fsp3) is 0.474. The van der Waals surface area contributed by atoms with E-state index in [-0.39, 0.29) is 63.9 Å². The highest BCUT2D eigenvalue weighted by Crippen LogP contribution is 2.38. The second-order valence-corrected chi connectivity index (χ2v) is 12.3. The van der Waals surface area contributed by atoms with E-state index in [0.717, 1.165) is 28.9 Å². The average Bonchev–Trinajstić information content (AvgIpc) is 3.44. The Labute approximate surface area is 207 Å². The Bertz CT molecular complexity index is 1300. The summed E-state index contributed by atoms with van der Waals surface area (Å²) in [5, 5.41) is 12.8. The molecule has 1 aliphatic heterocycles. The molecule has 0 aliphatic carbocycles. The lowest BCUT2D eigenvalue weighted by Crippen LogP contribution is -2.47. The highest BCUT2D eigenvalue weighted by Gasteiger charge is 2.37. The molecule has 2 atom stereocenters. The van der Waals surface area contributed by atoms with Crippen molar-refractivity contribution in [2.75, 3.05) is 30.7 Å². The van der Waals surface area contributed by atoms with Gasteiger partial charge in [-0.3, -0.25) is 0 Å². The zero-order chi connectivity index (χ0) is 25.4. The molecular weight excluding hydrogens is 527 g/mol. The third-order valence-electron chi connectivity index (χ3n) is 5.49. The first-order valence-corrected chi connectivity index (χ1v) is 13.5. The SMILES string of the molecule is C[C@H]1CN(S(=O)(=O)c2cnc(N)s2)CC[C@@H]1Nc1ncc(C(F)(F)F)c(-c2cnc(CCO)s2)n1. The summed E-state index contributed by atoms with van der Waals surface area (Å²) in [6.45, 7) is 2.08. The Morgan fingerprint density at radius 3 is 2.63 bits per heavy atom. The van der Waals surface area contributed by atoms with E-state index in [1.165, 1.54) is 16.7 Å². The average molecular weight is 550 g/mol. The van der Waals surface area contributed by atoms with Crippen molar-refractivity contribution >= 4 is 43.8 Å². The number of aromatic nitrogens is 4. The lowest BCUT2D eigenvalue weighted by Gasteiger charge is -2.36. The first-order chi connectivity index (χ1) is 16.5. The highest BCUT2D eigenvalue weighted by molar-refractivity contribution is 7.91. The molecule has 4 N–H and O–H groups in total. The summed E-state index contributed by atoms with van der Waals surface area (Å²) < 4.78 is 68.0. The van der Waals surface area contributed by atoms with Crippen LogP contribution in [0.4, 0.5) is 24.3 Å². The number of nitrogens with two attached hydrogens (primary N) is 1. The number of nitrogens with zero attached hydrogens (tertiary/aromatic N) is 5. The van der Waals surface area contributed by atoms with E-state index in [0.29, 0.717) is 11.4 Å². The Morgan fingerprint density at radius 2 is 2.00 bits per heavy atom. The molecular formula is C19H22F3N7O3S3. The predicted molar refractivity (Wildman–Crippen MR) is 125 cm³/mol. The second kappa shape index (κ2) is 9.93. The van der Waals surface area contributed by atoms with Crippen molar-refractivity contribution in [3.05, 3.63) is 29.2 Å². The molecule has 10 nitrogen and oxygen atoms in total. The predicted octanol–water partition coefficient (Wildman–Crippen LogP) is 2.70. The molecule has 190 valence electrons. The zero-order valence-corrected chi connectivity index (χ0v) is 20.8. The van der Waals surface area contributed by atoms with Crippen LogP contribution in [0.1, 0.15) is 23.9 Å². The number of hydrogen-bond acceptors (Lipinski definition) is 11. The van der Waals surface area contributed by atoms with E-state index in [4.69, 9.17) is 10.8 Å². The minimum atomic E-state index is -4.66. The van der Waals surface area contributed by atoms with Crippen molar-refractivity contribution in [1.29, 1.82) is 0 Å². The van der Waals surface area contributed by atoms with Crippen LogP contribution in [-0.2, 0) is 22.6 Å². The molecule has 35 heavy (non-hydrogen) atoms. The van der Waals surface area contributed by atoms with Gasteiger partial charge in [0.1, 0.15) is 5.56 Å². The molecule has 16 heteroatoms. The normalized spacial score (nSPS) is 19.7. The van der Waals surface area contributed by atoms with Gasteiger partial charge >= 0.3 is 6.18 Å². The standard InChI is InChI=1S/C19H22F3N7O3S3/c1-10-9-29(35(31,32)15-8-25-17(23)34-15)4-2-12(10)27-18-26-6-11(19(20,21)22)16(28-18)13-7-24-14(33-13)3-5-30/h6-8,10,12,30H,2-5,9H2,1H3,(H2,23,25)(H,26,27,28)/t10-,12-/m0/s1. The summed E-state index contributed by atoms with van der Waals surface area (Å²) in [7, 11) is -3.74. The van der Waals surface area contributed by atoms with Gasteiger partial charge in [-0.1, -0.05) is 18.3 Å². The monoisotopic (exact) mass is 549 g/mol. The van der Waals surface area contributed by atoms with Gasteiger partial charge in [0.05, 0.1) is 21.8 Å². The lowest BCUT2D eigenvalue weighted by molar-refractivity contribution is -0.137. The number of rotatable bonds is 7. The van der Waals surface area contributed by atoms with Gasteiger partial charge in [0.15, 0.2) is 9.34 Å². The van der Waals surface area contributed by atoms with Crippen molar-refractivity contribution in [2.45, 2.75) is 36.2 Å². The smallest absolute Gasteiger partial charge is 0.396 e. The molecule has 1 fully saturated rings. The zero-order valence-electron chi connectivity index (χ0n) is 18.4. The van der Waals surface area contributed by atoms with E-state index in [1.54, 1.807) is 0 Å². The summed E-state index contributed by atoms with van der Waals surface area (Å²) in [6.07, 6.45) is -0.774. The van der Waals surface area contributed by atoms with Gasteiger partial charge in [0, 0.05) is 44.6 Å². The van der Waals surface area contributed by atoms with Gasteiger partial charge in [-0.2, -0.15) is 17.5 Å². The largest absolute Gasteiger partial charge is 0.420 e. The van der Waals surface area contributed by atoms with Crippen LogP contribution < -0.4 is 11.1 Å². The number of aliphatic hydroxyl groups is 1. The third-order valence-corrected chi connectivity index (χ3v) is 9.68. The van der Waals surface area contributed by atoms with Crippen molar-refractivity contribution in [2.24, 2.45) is 5.92 Å². The molecule has 4 rings (SSSR count). The van der Waals surface area contributed by atoms with Gasteiger partial charge < -0.3 is 16.2 Å². The number of thiazole rings is 2. The molecule has 0 saturated carbocycles. The summed E-state index contributed by atoms with van der Waals surface area (Å²) in [5.74, 6) is -0.175. The van der Waals surface area contributed by atoms with E-state index in [2.05, 4.69) is 25.3 Å². The maximum Gasteiger partial charge on any atom is 0.420 e. The fourth-order valence-electron chi connectivity index (χ4n) is 3.70. The van der Waals surface area contributed by atoms with Crippen molar-refractivity contribution in [3.63, 3.8) is 0 Å².